The lowest BCUT2D eigenvalue weighted by atomic mass is 10.0. The summed E-state index contributed by atoms with van der Waals surface area (Å²) in [7, 11) is 0. The maximum Gasteiger partial charge on any atom is 0.306 e. The van der Waals surface area contributed by atoms with Crippen LogP contribution in [-0.4, -0.2) is 37.2 Å². The first-order valence-electron chi connectivity index (χ1n) is 36.1. The number of hydrogen-bond donors (Lipinski definition) is 0. The lowest BCUT2D eigenvalue weighted by Crippen LogP contribution is -2.30. The molecular weight excluding hydrogens is 997 g/mol. The molecule has 0 aliphatic rings. The highest BCUT2D eigenvalue weighted by atomic mass is 16.6. The molecule has 0 aromatic rings. The van der Waals surface area contributed by atoms with Crippen LogP contribution >= 0.6 is 0 Å². The number of allylic oxidation sites excluding steroid dienone is 8. The summed E-state index contributed by atoms with van der Waals surface area (Å²) in [5, 5.41) is 0. The topological polar surface area (TPSA) is 78.9 Å². The number of hydrogen-bond acceptors (Lipinski definition) is 6. The Balaban J connectivity index is 4.03. The van der Waals surface area contributed by atoms with Crippen LogP contribution in [0.3, 0.4) is 0 Å². The summed E-state index contributed by atoms with van der Waals surface area (Å²) >= 11 is 0. The van der Waals surface area contributed by atoms with E-state index in [0.29, 0.717) is 19.3 Å². The largest absolute Gasteiger partial charge is 0.462 e. The van der Waals surface area contributed by atoms with Crippen molar-refractivity contribution in [3.8, 4) is 0 Å². The van der Waals surface area contributed by atoms with Gasteiger partial charge in [-0.3, -0.25) is 14.4 Å². The van der Waals surface area contributed by atoms with E-state index < -0.39 is 6.10 Å². The van der Waals surface area contributed by atoms with Crippen LogP contribution in [0, 0.1) is 0 Å². The fourth-order valence-electron chi connectivity index (χ4n) is 10.9. The molecule has 6 heteroatoms. The number of esters is 3. The van der Waals surface area contributed by atoms with Gasteiger partial charge in [0.2, 0.25) is 0 Å². The number of ether oxygens (including phenoxy) is 3. The monoisotopic (exact) mass is 1140 g/mol. The highest BCUT2D eigenvalue weighted by Crippen LogP contribution is 2.19. The SMILES string of the molecule is CC/C=C\C/C=C\C/C=C\CCCCCCCCCC(=O)OC(COC(=O)CCCCCCCCCCCCC)COC(=O)CCCCCCCCCCCCCCCCCCCCCCCCC/C=C\CCCCCCCCCC. The molecule has 0 fully saturated rings. The molecule has 0 saturated heterocycles. The maximum absolute atomic E-state index is 12.9. The van der Waals surface area contributed by atoms with E-state index >= 15 is 0 Å². The smallest absolute Gasteiger partial charge is 0.306 e. The van der Waals surface area contributed by atoms with Gasteiger partial charge in [0.05, 0.1) is 0 Å². The zero-order chi connectivity index (χ0) is 58.5. The molecule has 0 aliphatic heterocycles. The maximum atomic E-state index is 12.9. The number of unbranched alkanes of at least 4 members (excludes halogenated alkanes) is 48. The molecule has 0 radical (unpaired) electrons. The van der Waals surface area contributed by atoms with Gasteiger partial charge in [-0.15, -0.1) is 0 Å². The predicted octanol–water partition coefficient (Wildman–Crippen LogP) is 24.9. The van der Waals surface area contributed by atoms with Crippen molar-refractivity contribution in [3.63, 3.8) is 0 Å². The molecule has 0 spiro atoms. The van der Waals surface area contributed by atoms with Gasteiger partial charge < -0.3 is 14.2 Å². The average Bonchev–Trinajstić information content (AvgIpc) is 3.47. The molecule has 6 nitrogen and oxygen atoms in total. The van der Waals surface area contributed by atoms with Crippen LogP contribution < -0.4 is 0 Å². The lowest BCUT2D eigenvalue weighted by Gasteiger charge is -2.18. The van der Waals surface area contributed by atoms with Crippen molar-refractivity contribution in [1.29, 1.82) is 0 Å². The minimum Gasteiger partial charge on any atom is -0.462 e. The van der Waals surface area contributed by atoms with Crippen molar-refractivity contribution in [2.45, 2.75) is 399 Å². The van der Waals surface area contributed by atoms with Crippen LogP contribution in [0.1, 0.15) is 393 Å². The third-order valence-electron chi connectivity index (χ3n) is 16.3. The Morgan fingerprint density at radius 3 is 0.765 bits per heavy atom. The van der Waals surface area contributed by atoms with Gasteiger partial charge in [0.15, 0.2) is 6.10 Å². The van der Waals surface area contributed by atoms with Crippen LogP contribution in [0.25, 0.3) is 0 Å². The average molecular weight is 1140 g/mol. The van der Waals surface area contributed by atoms with Gasteiger partial charge in [-0.05, 0) is 77.0 Å². The van der Waals surface area contributed by atoms with Crippen molar-refractivity contribution in [2.24, 2.45) is 0 Å². The second kappa shape index (κ2) is 69.9. The molecule has 0 saturated carbocycles. The normalized spacial score (nSPS) is 12.3. The lowest BCUT2D eigenvalue weighted by molar-refractivity contribution is -0.167. The van der Waals surface area contributed by atoms with Gasteiger partial charge in [0.1, 0.15) is 13.2 Å². The van der Waals surface area contributed by atoms with Crippen molar-refractivity contribution in [3.05, 3.63) is 48.6 Å². The van der Waals surface area contributed by atoms with Crippen LogP contribution in [0.2, 0.25) is 0 Å². The first-order valence-corrected chi connectivity index (χ1v) is 36.1. The Bertz CT molecular complexity index is 1400. The molecule has 0 amide bonds. The molecule has 0 aromatic carbocycles. The van der Waals surface area contributed by atoms with E-state index in [1.807, 2.05) is 0 Å². The highest BCUT2D eigenvalue weighted by Gasteiger charge is 2.19. The van der Waals surface area contributed by atoms with Crippen LogP contribution in [0.5, 0.6) is 0 Å². The fraction of sp³-hybridized carbons (Fsp3) is 0.853. The third kappa shape index (κ3) is 68.0. The summed E-state index contributed by atoms with van der Waals surface area (Å²) in [5.41, 5.74) is 0. The molecule has 474 valence electrons. The third-order valence-corrected chi connectivity index (χ3v) is 16.3. The van der Waals surface area contributed by atoms with Gasteiger partial charge in [-0.25, -0.2) is 0 Å². The first kappa shape index (κ1) is 78.4. The standard InChI is InChI=1S/C75H138O6/c1-4-7-10-13-16-19-22-24-26-28-29-30-31-32-33-34-35-36-37-38-39-40-41-42-43-44-45-47-48-50-53-56-59-62-65-68-74(77)80-71-72(70-79-73(76)67-64-61-58-55-52-21-18-15-12-9-6-3)81-75(78)69-66-63-60-57-54-51-49-46-27-25-23-20-17-14-11-8-5-2/h8,11,17,20,25,27-29,72H,4-7,9-10,12-16,18-19,21-24,26,30-71H2,1-3H3/b11-8-,20-17-,27-25-,29-28-. The van der Waals surface area contributed by atoms with Gasteiger partial charge in [0, 0.05) is 19.3 Å². The Labute approximate surface area is 505 Å². The van der Waals surface area contributed by atoms with E-state index in [0.717, 1.165) is 83.5 Å². The van der Waals surface area contributed by atoms with Gasteiger partial charge >= 0.3 is 17.9 Å². The van der Waals surface area contributed by atoms with Crippen molar-refractivity contribution >= 4 is 17.9 Å². The second-order valence-electron chi connectivity index (χ2n) is 24.5. The molecule has 0 rings (SSSR count). The van der Waals surface area contributed by atoms with Crippen molar-refractivity contribution in [1.82, 2.24) is 0 Å². The summed E-state index contributed by atoms with van der Waals surface area (Å²) in [6.07, 6.45) is 88.9. The summed E-state index contributed by atoms with van der Waals surface area (Å²) in [6.45, 7) is 6.57. The number of carbonyl (C=O) groups is 3. The molecule has 0 aromatic heterocycles. The zero-order valence-electron chi connectivity index (χ0n) is 54.6. The molecule has 0 N–H and O–H groups in total. The quantitative estimate of drug-likeness (QED) is 0.0261. The zero-order valence-corrected chi connectivity index (χ0v) is 54.6. The summed E-state index contributed by atoms with van der Waals surface area (Å²) in [4.78, 5) is 38.3. The second-order valence-corrected chi connectivity index (χ2v) is 24.5. The Morgan fingerprint density at radius 1 is 0.259 bits per heavy atom. The van der Waals surface area contributed by atoms with E-state index in [2.05, 4.69) is 69.4 Å². The summed E-state index contributed by atoms with van der Waals surface area (Å²) in [6, 6.07) is 0. The highest BCUT2D eigenvalue weighted by molar-refractivity contribution is 5.71. The summed E-state index contributed by atoms with van der Waals surface area (Å²) < 4.78 is 16.9. The van der Waals surface area contributed by atoms with Crippen LogP contribution in [-0.2, 0) is 28.6 Å². The molecule has 0 heterocycles. The minimum absolute atomic E-state index is 0.0721. The number of carbonyl (C=O) groups excluding carboxylic acids is 3. The van der Waals surface area contributed by atoms with E-state index in [9.17, 15) is 14.4 Å². The Kier molecular flexibility index (Phi) is 67.6. The van der Waals surface area contributed by atoms with Crippen molar-refractivity contribution < 1.29 is 28.6 Å². The van der Waals surface area contributed by atoms with Gasteiger partial charge in [0.25, 0.3) is 0 Å². The molecule has 1 atom stereocenters. The van der Waals surface area contributed by atoms with E-state index in [1.54, 1.807) is 0 Å². The van der Waals surface area contributed by atoms with Crippen LogP contribution in [0.15, 0.2) is 48.6 Å². The molecule has 81 heavy (non-hydrogen) atoms. The summed E-state index contributed by atoms with van der Waals surface area (Å²) in [5.74, 6) is -0.859. The van der Waals surface area contributed by atoms with E-state index in [-0.39, 0.29) is 31.1 Å². The Hall–Kier alpha value is -2.63. The Morgan fingerprint density at radius 2 is 0.481 bits per heavy atom. The predicted molar refractivity (Wildman–Crippen MR) is 353 cm³/mol. The molecule has 1 unspecified atom stereocenters. The van der Waals surface area contributed by atoms with Gasteiger partial charge in [-0.2, -0.15) is 0 Å². The molecular formula is C75H138O6. The molecule has 0 bridgehead atoms. The minimum atomic E-state index is -0.775. The first-order chi connectivity index (χ1) is 40.0. The van der Waals surface area contributed by atoms with Crippen LogP contribution in [0.4, 0.5) is 0 Å². The van der Waals surface area contributed by atoms with E-state index in [4.69, 9.17) is 14.2 Å². The molecule has 0 aliphatic carbocycles. The number of rotatable bonds is 67. The fourth-order valence-corrected chi connectivity index (χ4v) is 10.9. The van der Waals surface area contributed by atoms with E-state index in [1.165, 1.54) is 270 Å². The van der Waals surface area contributed by atoms with Crippen molar-refractivity contribution in [2.75, 3.05) is 13.2 Å². The van der Waals surface area contributed by atoms with Gasteiger partial charge in [-0.1, -0.05) is 345 Å².